The number of nitrogen functional groups attached to an aromatic ring is 1. The second kappa shape index (κ2) is 4.23. The molecule has 1 unspecified atom stereocenters. The molecule has 0 fully saturated rings. The monoisotopic (exact) mass is 196 g/mol. The summed E-state index contributed by atoms with van der Waals surface area (Å²) in [6.45, 7) is 3.74. The SMILES string of the molecule is CNC(C)CC(=O)n1nc(C)cc1N. The summed E-state index contributed by atoms with van der Waals surface area (Å²) in [6.07, 6.45) is 0.391. The molecule has 0 saturated carbocycles. The van der Waals surface area contributed by atoms with Gasteiger partial charge in [-0.25, -0.2) is 0 Å². The fraction of sp³-hybridized carbons (Fsp3) is 0.556. The van der Waals surface area contributed by atoms with Crippen LogP contribution < -0.4 is 11.1 Å². The predicted molar refractivity (Wildman–Crippen MR) is 55.1 cm³/mol. The van der Waals surface area contributed by atoms with Crippen LogP contribution in [-0.2, 0) is 0 Å². The highest BCUT2D eigenvalue weighted by molar-refractivity contribution is 5.81. The zero-order valence-electron chi connectivity index (χ0n) is 8.74. The first-order chi connectivity index (χ1) is 6.54. The molecule has 0 aliphatic carbocycles. The number of nitrogens with two attached hydrogens (primary N) is 1. The summed E-state index contributed by atoms with van der Waals surface area (Å²) in [5.41, 5.74) is 6.38. The number of nitrogens with zero attached hydrogens (tertiary/aromatic N) is 2. The summed E-state index contributed by atoms with van der Waals surface area (Å²) < 4.78 is 1.25. The van der Waals surface area contributed by atoms with Crippen LogP contribution in [0.5, 0.6) is 0 Å². The molecule has 5 nitrogen and oxygen atoms in total. The summed E-state index contributed by atoms with van der Waals surface area (Å²) in [7, 11) is 1.82. The Bertz CT molecular complexity index is 332. The van der Waals surface area contributed by atoms with Crippen molar-refractivity contribution in [3.05, 3.63) is 11.8 Å². The van der Waals surface area contributed by atoms with E-state index in [9.17, 15) is 4.79 Å². The lowest BCUT2D eigenvalue weighted by molar-refractivity contribution is 0.0878. The van der Waals surface area contributed by atoms with Crippen LogP contribution in [0.1, 0.15) is 23.8 Å². The second-order valence-corrected chi connectivity index (χ2v) is 3.41. The molecule has 1 heterocycles. The number of aromatic nitrogens is 2. The van der Waals surface area contributed by atoms with Crippen molar-refractivity contribution in [3.63, 3.8) is 0 Å². The smallest absolute Gasteiger partial charge is 0.250 e. The van der Waals surface area contributed by atoms with Crippen LogP contribution in [-0.4, -0.2) is 28.8 Å². The highest BCUT2D eigenvalue weighted by atomic mass is 16.2. The van der Waals surface area contributed by atoms with Crippen molar-refractivity contribution >= 4 is 11.7 Å². The molecule has 1 atom stereocenters. The number of carbonyl (C=O) groups excluding carboxylic acids is 1. The molecule has 78 valence electrons. The molecular formula is C9H16N4O. The average molecular weight is 196 g/mol. The fourth-order valence-corrected chi connectivity index (χ4v) is 1.17. The zero-order valence-corrected chi connectivity index (χ0v) is 8.74. The maximum absolute atomic E-state index is 11.6. The van der Waals surface area contributed by atoms with Crippen LogP contribution in [0.2, 0.25) is 0 Å². The number of aryl methyl sites for hydroxylation is 1. The van der Waals surface area contributed by atoms with Crippen LogP contribution in [0.4, 0.5) is 5.82 Å². The van der Waals surface area contributed by atoms with E-state index in [1.165, 1.54) is 4.68 Å². The number of carbonyl (C=O) groups is 1. The Labute approximate surface area is 83.3 Å². The molecule has 1 aromatic rings. The van der Waals surface area contributed by atoms with Gasteiger partial charge in [0.2, 0.25) is 5.91 Å². The lowest BCUT2D eigenvalue weighted by Crippen LogP contribution is -2.28. The quantitative estimate of drug-likeness (QED) is 0.734. The van der Waals surface area contributed by atoms with E-state index >= 15 is 0 Å². The molecule has 0 spiro atoms. The van der Waals surface area contributed by atoms with E-state index in [1.54, 1.807) is 6.07 Å². The van der Waals surface area contributed by atoms with Gasteiger partial charge in [-0.05, 0) is 20.9 Å². The molecule has 0 aliphatic heterocycles. The average Bonchev–Trinajstić information content (AvgIpc) is 2.45. The molecule has 14 heavy (non-hydrogen) atoms. The Morgan fingerprint density at radius 3 is 2.86 bits per heavy atom. The molecule has 1 rings (SSSR count). The summed E-state index contributed by atoms with van der Waals surface area (Å²) in [5, 5.41) is 7.00. The summed E-state index contributed by atoms with van der Waals surface area (Å²) in [6, 6.07) is 1.81. The van der Waals surface area contributed by atoms with Gasteiger partial charge in [0.15, 0.2) is 0 Å². The molecule has 5 heteroatoms. The van der Waals surface area contributed by atoms with Crippen LogP contribution in [0, 0.1) is 6.92 Å². The van der Waals surface area contributed by atoms with Crippen molar-refractivity contribution in [3.8, 4) is 0 Å². The third-order valence-electron chi connectivity index (χ3n) is 2.07. The third-order valence-corrected chi connectivity index (χ3v) is 2.07. The molecule has 3 N–H and O–H groups in total. The van der Waals surface area contributed by atoms with Crippen LogP contribution in [0.3, 0.4) is 0 Å². The predicted octanol–water partition coefficient (Wildman–Crippen LogP) is 0.412. The van der Waals surface area contributed by atoms with Gasteiger partial charge < -0.3 is 11.1 Å². The zero-order chi connectivity index (χ0) is 10.7. The van der Waals surface area contributed by atoms with Crippen molar-refractivity contribution < 1.29 is 4.79 Å². The van der Waals surface area contributed by atoms with E-state index in [1.807, 2.05) is 20.9 Å². The number of nitrogens with one attached hydrogen (secondary N) is 1. The Morgan fingerprint density at radius 1 is 1.79 bits per heavy atom. The van der Waals surface area contributed by atoms with Crippen molar-refractivity contribution in [1.29, 1.82) is 0 Å². The van der Waals surface area contributed by atoms with Gasteiger partial charge in [-0.2, -0.15) is 9.78 Å². The van der Waals surface area contributed by atoms with Crippen molar-refractivity contribution in [2.24, 2.45) is 0 Å². The van der Waals surface area contributed by atoms with Crippen LogP contribution in [0.15, 0.2) is 6.07 Å². The normalized spacial score (nSPS) is 12.8. The molecule has 0 aliphatic rings. The Kier molecular flexibility index (Phi) is 3.24. The maximum atomic E-state index is 11.6. The van der Waals surface area contributed by atoms with Gasteiger partial charge in [-0.15, -0.1) is 0 Å². The van der Waals surface area contributed by atoms with Gasteiger partial charge in [0.25, 0.3) is 0 Å². The first-order valence-corrected chi connectivity index (χ1v) is 4.57. The molecular weight excluding hydrogens is 180 g/mol. The lowest BCUT2D eigenvalue weighted by atomic mass is 10.2. The largest absolute Gasteiger partial charge is 0.383 e. The van der Waals surface area contributed by atoms with E-state index in [4.69, 9.17) is 5.73 Å². The highest BCUT2D eigenvalue weighted by Crippen LogP contribution is 2.06. The molecule has 0 radical (unpaired) electrons. The fourth-order valence-electron chi connectivity index (χ4n) is 1.17. The Balaban J connectivity index is 2.74. The number of rotatable bonds is 3. The summed E-state index contributed by atoms with van der Waals surface area (Å²) in [4.78, 5) is 11.6. The van der Waals surface area contributed by atoms with E-state index in [-0.39, 0.29) is 11.9 Å². The lowest BCUT2D eigenvalue weighted by Gasteiger charge is -2.08. The van der Waals surface area contributed by atoms with E-state index in [2.05, 4.69) is 10.4 Å². The standard InChI is InChI=1S/C9H16N4O/c1-6(11-3)5-9(14)13-8(10)4-7(2)12-13/h4,6,11H,5,10H2,1-3H3. The van der Waals surface area contributed by atoms with Gasteiger partial charge in [0.05, 0.1) is 5.69 Å². The van der Waals surface area contributed by atoms with Crippen molar-refractivity contribution in [2.45, 2.75) is 26.3 Å². The van der Waals surface area contributed by atoms with Crippen molar-refractivity contribution in [1.82, 2.24) is 15.1 Å². The first-order valence-electron chi connectivity index (χ1n) is 4.57. The summed E-state index contributed by atoms with van der Waals surface area (Å²) >= 11 is 0. The van der Waals surface area contributed by atoms with Gasteiger partial charge in [0, 0.05) is 18.5 Å². The maximum Gasteiger partial charge on any atom is 0.250 e. The van der Waals surface area contributed by atoms with Gasteiger partial charge in [-0.1, -0.05) is 0 Å². The van der Waals surface area contributed by atoms with Crippen molar-refractivity contribution in [2.75, 3.05) is 12.8 Å². The second-order valence-electron chi connectivity index (χ2n) is 3.41. The highest BCUT2D eigenvalue weighted by Gasteiger charge is 2.13. The minimum atomic E-state index is -0.0857. The minimum absolute atomic E-state index is 0.0857. The molecule has 0 bridgehead atoms. The van der Waals surface area contributed by atoms with Crippen LogP contribution in [0.25, 0.3) is 0 Å². The van der Waals surface area contributed by atoms with E-state index in [0.29, 0.717) is 12.2 Å². The minimum Gasteiger partial charge on any atom is -0.383 e. The van der Waals surface area contributed by atoms with Crippen LogP contribution >= 0.6 is 0 Å². The first kappa shape index (κ1) is 10.7. The molecule has 0 amide bonds. The topological polar surface area (TPSA) is 72.9 Å². The Hall–Kier alpha value is -1.36. The molecule has 0 aromatic carbocycles. The summed E-state index contributed by atoms with van der Waals surface area (Å²) in [5.74, 6) is 0.313. The number of anilines is 1. The Morgan fingerprint density at radius 2 is 2.43 bits per heavy atom. The molecule has 0 saturated heterocycles. The van der Waals surface area contributed by atoms with Gasteiger partial charge in [0.1, 0.15) is 5.82 Å². The molecule has 1 aromatic heterocycles. The number of hydrogen-bond donors (Lipinski definition) is 2. The van der Waals surface area contributed by atoms with Gasteiger partial charge in [-0.3, -0.25) is 4.79 Å². The third kappa shape index (κ3) is 2.32. The van der Waals surface area contributed by atoms with E-state index in [0.717, 1.165) is 5.69 Å². The van der Waals surface area contributed by atoms with Gasteiger partial charge >= 0.3 is 0 Å². The van der Waals surface area contributed by atoms with E-state index < -0.39 is 0 Å². The number of hydrogen-bond acceptors (Lipinski definition) is 4.